The van der Waals surface area contributed by atoms with Crippen molar-refractivity contribution in [2.24, 2.45) is 0 Å². The van der Waals surface area contributed by atoms with Gasteiger partial charge in [-0.3, -0.25) is 9.69 Å². The van der Waals surface area contributed by atoms with E-state index in [9.17, 15) is 4.79 Å². The molecule has 1 amide bonds. The van der Waals surface area contributed by atoms with Gasteiger partial charge >= 0.3 is 0 Å². The quantitative estimate of drug-likeness (QED) is 0.874. The molecule has 1 atom stereocenters. The fourth-order valence-electron chi connectivity index (χ4n) is 2.24. The van der Waals surface area contributed by atoms with E-state index in [1.54, 1.807) is 7.11 Å². The Balaban J connectivity index is 1.73. The third-order valence-electron chi connectivity index (χ3n) is 3.34. The van der Waals surface area contributed by atoms with E-state index in [-0.39, 0.29) is 12.0 Å². The molecule has 0 bridgehead atoms. The number of rotatable bonds is 5. The Labute approximate surface area is 119 Å². The van der Waals surface area contributed by atoms with E-state index in [2.05, 4.69) is 10.2 Å². The highest BCUT2D eigenvalue weighted by molar-refractivity contribution is 5.78. The normalized spacial score (nSPS) is 19.6. The van der Waals surface area contributed by atoms with Crippen LogP contribution < -0.4 is 10.1 Å². The van der Waals surface area contributed by atoms with Gasteiger partial charge in [-0.15, -0.1) is 0 Å². The molecular weight excluding hydrogens is 256 g/mol. The average Bonchev–Trinajstić information content (AvgIpc) is 2.46. The summed E-state index contributed by atoms with van der Waals surface area (Å²) in [6.45, 7) is 5.34. The van der Waals surface area contributed by atoms with E-state index in [4.69, 9.17) is 9.47 Å². The Morgan fingerprint density at radius 2 is 2.20 bits per heavy atom. The van der Waals surface area contributed by atoms with Crippen LogP contribution in [0.3, 0.4) is 0 Å². The zero-order valence-electron chi connectivity index (χ0n) is 12.1. The monoisotopic (exact) mass is 278 g/mol. The molecule has 110 valence electrons. The molecule has 0 aliphatic carbocycles. The third kappa shape index (κ3) is 4.51. The Bertz CT molecular complexity index is 433. The summed E-state index contributed by atoms with van der Waals surface area (Å²) in [4.78, 5) is 14.0. The highest BCUT2D eigenvalue weighted by atomic mass is 16.5. The summed E-state index contributed by atoms with van der Waals surface area (Å²) in [5.74, 6) is 0.872. The lowest BCUT2D eigenvalue weighted by Crippen LogP contribution is -2.45. The molecular formula is C15H22N2O3. The Morgan fingerprint density at radius 1 is 1.45 bits per heavy atom. The molecule has 1 aliphatic heterocycles. The second-order valence-corrected chi connectivity index (χ2v) is 5.04. The summed E-state index contributed by atoms with van der Waals surface area (Å²) in [6, 6.07) is 7.70. The molecule has 0 spiro atoms. The van der Waals surface area contributed by atoms with Crippen molar-refractivity contribution in [1.82, 2.24) is 10.2 Å². The summed E-state index contributed by atoms with van der Waals surface area (Å²) in [5.41, 5.74) is 1.06. The number of benzene rings is 1. The summed E-state index contributed by atoms with van der Waals surface area (Å²) in [7, 11) is 1.64. The number of methoxy groups -OCH3 is 1. The van der Waals surface area contributed by atoms with Crippen molar-refractivity contribution in [3.8, 4) is 5.75 Å². The van der Waals surface area contributed by atoms with Gasteiger partial charge in [0.15, 0.2) is 0 Å². The number of carbonyl (C=O) groups excluding carboxylic acids is 1. The third-order valence-corrected chi connectivity index (χ3v) is 3.34. The van der Waals surface area contributed by atoms with Gasteiger partial charge in [-0.1, -0.05) is 12.1 Å². The van der Waals surface area contributed by atoms with Crippen LogP contribution in [0.25, 0.3) is 0 Å². The van der Waals surface area contributed by atoms with Crippen molar-refractivity contribution >= 4 is 5.91 Å². The van der Waals surface area contributed by atoms with Crippen LogP contribution in [-0.4, -0.2) is 50.3 Å². The number of nitrogens with zero attached hydrogens (tertiary/aromatic N) is 1. The molecule has 0 saturated carbocycles. The van der Waals surface area contributed by atoms with Gasteiger partial charge in [-0.2, -0.15) is 0 Å². The number of ether oxygens (including phenoxy) is 2. The molecule has 1 heterocycles. The minimum Gasteiger partial charge on any atom is -0.497 e. The molecule has 1 fully saturated rings. The first-order chi connectivity index (χ1) is 9.67. The van der Waals surface area contributed by atoms with Crippen molar-refractivity contribution in [1.29, 1.82) is 0 Å². The Hall–Kier alpha value is -1.59. The number of amides is 1. The molecule has 1 saturated heterocycles. The van der Waals surface area contributed by atoms with Crippen molar-refractivity contribution in [2.75, 3.05) is 33.4 Å². The van der Waals surface area contributed by atoms with E-state index in [0.29, 0.717) is 19.7 Å². The van der Waals surface area contributed by atoms with Crippen LogP contribution in [0.15, 0.2) is 24.3 Å². The van der Waals surface area contributed by atoms with Crippen molar-refractivity contribution < 1.29 is 14.3 Å². The van der Waals surface area contributed by atoms with Crippen LogP contribution >= 0.6 is 0 Å². The van der Waals surface area contributed by atoms with Gasteiger partial charge < -0.3 is 14.8 Å². The number of carbonyl (C=O) groups is 1. The summed E-state index contributed by atoms with van der Waals surface area (Å²) in [5, 5.41) is 2.94. The number of nitrogens with one attached hydrogen (secondary N) is 1. The molecule has 0 radical (unpaired) electrons. The van der Waals surface area contributed by atoms with Crippen molar-refractivity contribution in [3.63, 3.8) is 0 Å². The largest absolute Gasteiger partial charge is 0.497 e. The van der Waals surface area contributed by atoms with Gasteiger partial charge in [0.1, 0.15) is 5.75 Å². The van der Waals surface area contributed by atoms with E-state index >= 15 is 0 Å². The van der Waals surface area contributed by atoms with Crippen LogP contribution in [0, 0.1) is 0 Å². The van der Waals surface area contributed by atoms with Crippen LogP contribution in [0.5, 0.6) is 5.75 Å². The number of hydrogen-bond acceptors (Lipinski definition) is 4. The maximum Gasteiger partial charge on any atom is 0.234 e. The molecule has 1 N–H and O–H groups in total. The van der Waals surface area contributed by atoms with E-state index in [0.717, 1.165) is 24.4 Å². The topological polar surface area (TPSA) is 50.8 Å². The first-order valence-electron chi connectivity index (χ1n) is 6.91. The molecule has 0 aromatic heterocycles. The lowest BCUT2D eigenvalue weighted by molar-refractivity contribution is -0.124. The lowest BCUT2D eigenvalue weighted by atomic mass is 10.2. The van der Waals surface area contributed by atoms with Crippen molar-refractivity contribution in [2.45, 2.75) is 19.6 Å². The molecule has 1 aliphatic rings. The average molecular weight is 278 g/mol. The first-order valence-corrected chi connectivity index (χ1v) is 6.91. The first kappa shape index (κ1) is 14.8. The fourth-order valence-corrected chi connectivity index (χ4v) is 2.24. The van der Waals surface area contributed by atoms with Crippen molar-refractivity contribution in [3.05, 3.63) is 29.8 Å². The van der Waals surface area contributed by atoms with Gasteiger partial charge in [-0.05, 0) is 24.6 Å². The minimum absolute atomic E-state index is 0.0509. The van der Waals surface area contributed by atoms with E-state index in [1.165, 1.54) is 0 Å². The fraction of sp³-hybridized carbons (Fsp3) is 0.533. The standard InChI is InChI=1S/C15H22N2O3/c1-12-10-17(7-8-20-12)11-15(18)16-9-13-3-5-14(19-2)6-4-13/h3-6,12H,7-11H2,1-2H3,(H,16,18). The molecule has 1 unspecified atom stereocenters. The second-order valence-electron chi connectivity index (χ2n) is 5.04. The predicted molar refractivity (Wildman–Crippen MR) is 76.7 cm³/mol. The van der Waals surface area contributed by atoms with Gasteiger partial charge in [0, 0.05) is 19.6 Å². The summed E-state index contributed by atoms with van der Waals surface area (Å²) >= 11 is 0. The zero-order valence-corrected chi connectivity index (χ0v) is 12.1. The molecule has 5 nitrogen and oxygen atoms in total. The summed E-state index contributed by atoms with van der Waals surface area (Å²) in [6.07, 6.45) is 0.207. The van der Waals surface area contributed by atoms with Gasteiger partial charge in [0.05, 0.1) is 26.4 Å². The highest BCUT2D eigenvalue weighted by Gasteiger charge is 2.18. The minimum atomic E-state index is 0.0509. The molecule has 1 aromatic carbocycles. The predicted octanol–water partition coefficient (Wildman–Crippen LogP) is 1.03. The van der Waals surface area contributed by atoms with Crippen LogP contribution in [0.4, 0.5) is 0 Å². The van der Waals surface area contributed by atoms with E-state index < -0.39 is 0 Å². The number of morpholine rings is 1. The Morgan fingerprint density at radius 3 is 2.85 bits per heavy atom. The van der Waals surface area contributed by atoms with Crippen LogP contribution in [0.1, 0.15) is 12.5 Å². The lowest BCUT2D eigenvalue weighted by Gasteiger charge is -2.30. The smallest absolute Gasteiger partial charge is 0.234 e. The summed E-state index contributed by atoms with van der Waals surface area (Å²) < 4.78 is 10.6. The SMILES string of the molecule is COc1ccc(CNC(=O)CN2CCOC(C)C2)cc1. The molecule has 1 aromatic rings. The Kier molecular flexibility index (Phi) is 5.38. The molecule has 20 heavy (non-hydrogen) atoms. The second kappa shape index (κ2) is 7.26. The van der Waals surface area contributed by atoms with Gasteiger partial charge in [0.25, 0.3) is 0 Å². The van der Waals surface area contributed by atoms with Crippen LogP contribution in [0.2, 0.25) is 0 Å². The zero-order chi connectivity index (χ0) is 14.4. The van der Waals surface area contributed by atoms with Gasteiger partial charge in [-0.25, -0.2) is 0 Å². The molecule has 5 heteroatoms. The molecule has 2 rings (SSSR count). The highest BCUT2D eigenvalue weighted by Crippen LogP contribution is 2.11. The number of hydrogen-bond donors (Lipinski definition) is 1. The van der Waals surface area contributed by atoms with E-state index in [1.807, 2.05) is 31.2 Å². The van der Waals surface area contributed by atoms with Crippen LogP contribution in [-0.2, 0) is 16.1 Å². The van der Waals surface area contributed by atoms with Gasteiger partial charge in [0.2, 0.25) is 5.91 Å². The maximum absolute atomic E-state index is 11.9. The maximum atomic E-state index is 11.9.